The summed E-state index contributed by atoms with van der Waals surface area (Å²) in [5.41, 5.74) is 3.46. The van der Waals surface area contributed by atoms with Gasteiger partial charge in [0.05, 0.1) is 29.7 Å². The van der Waals surface area contributed by atoms with Crippen molar-refractivity contribution in [1.82, 2.24) is 20.2 Å². The molecule has 0 amide bonds. The van der Waals surface area contributed by atoms with E-state index in [9.17, 15) is 9.90 Å². The fourth-order valence-corrected chi connectivity index (χ4v) is 2.81. The van der Waals surface area contributed by atoms with Crippen molar-refractivity contribution < 1.29 is 9.90 Å². The van der Waals surface area contributed by atoms with Crippen LogP contribution in [0.4, 0.5) is 5.82 Å². The molecule has 21 heavy (non-hydrogen) atoms. The molecule has 1 aliphatic rings. The summed E-state index contributed by atoms with van der Waals surface area (Å²) in [6.45, 7) is 3.91. The quantitative estimate of drug-likeness (QED) is 0.689. The van der Waals surface area contributed by atoms with Crippen LogP contribution < -0.4 is 5.32 Å². The smallest absolute Gasteiger partial charge is 0.334 e. The molecule has 4 N–H and O–H groups in total. The zero-order valence-corrected chi connectivity index (χ0v) is 11.9. The van der Waals surface area contributed by atoms with Crippen LogP contribution in [0.25, 0.3) is 0 Å². The highest BCUT2D eigenvalue weighted by Crippen LogP contribution is 2.41. The van der Waals surface area contributed by atoms with Crippen molar-refractivity contribution in [2.24, 2.45) is 0 Å². The predicted molar refractivity (Wildman–Crippen MR) is 76.9 cm³/mol. The van der Waals surface area contributed by atoms with Crippen LogP contribution in [-0.4, -0.2) is 31.2 Å². The van der Waals surface area contributed by atoms with Crippen LogP contribution in [0.5, 0.6) is 0 Å². The average Bonchev–Trinajstić information content (AvgIpc) is 3.05. The lowest BCUT2D eigenvalue weighted by Crippen LogP contribution is -2.24. The molecule has 3 rings (SSSR count). The minimum atomic E-state index is -0.926. The Morgan fingerprint density at radius 3 is 2.90 bits per heavy atom. The highest BCUT2D eigenvalue weighted by Gasteiger charge is 2.36. The van der Waals surface area contributed by atoms with Crippen LogP contribution in [0.2, 0.25) is 0 Å². The van der Waals surface area contributed by atoms with Crippen molar-refractivity contribution in [2.45, 2.75) is 32.6 Å². The number of allylic oxidation sites excluding steroid dienone is 1. The Kier molecular flexibility index (Phi) is 3.25. The van der Waals surface area contributed by atoms with Crippen molar-refractivity contribution in [3.63, 3.8) is 0 Å². The number of aryl methyl sites for hydroxylation is 1. The number of imidazole rings is 1. The number of H-pyrrole nitrogens is 2. The van der Waals surface area contributed by atoms with Gasteiger partial charge >= 0.3 is 5.97 Å². The first-order chi connectivity index (χ1) is 10.1. The van der Waals surface area contributed by atoms with Crippen molar-refractivity contribution in [1.29, 1.82) is 0 Å². The van der Waals surface area contributed by atoms with Crippen molar-refractivity contribution in [3.8, 4) is 0 Å². The molecule has 1 atom stereocenters. The lowest BCUT2D eigenvalue weighted by atomic mass is 9.84. The number of aliphatic carboxylic acids is 1. The number of carboxylic acid groups (broad SMARTS) is 1. The Morgan fingerprint density at radius 2 is 2.29 bits per heavy atom. The SMILES string of the molecule is CCCC1=C(C(=O)O)C(c2nc[nH]c2C)c2cn[nH]c2N1. The van der Waals surface area contributed by atoms with Gasteiger partial charge in [0.2, 0.25) is 0 Å². The molecule has 0 radical (unpaired) electrons. The zero-order chi connectivity index (χ0) is 15.0. The minimum Gasteiger partial charge on any atom is -0.478 e. The number of aromatic nitrogens is 4. The molecule has 2 aromatic rings. The number of carbonyl (C=O) groups is 1. The molecule has 7 nitrogen and oxygen atoms in total. The van der Waals surface area contributed by atoms with Gasteiger partial charge in [-0.2, -0.15) is 5.10 Å². The maximum absolute atomic E-state index is 11.8. The summed E-state index contributed by atoms with van der Waals surface area (Å²) in [6, 6.07) is 0. The van der Waals surface area contributed by atoms with E-state index < -0.39 is 11.9 Å². The minimum absolute atomic E-state index is 0.348. The number of nitrogens with zero attached hydrogens (tertiary/aromatic N) is 2. The van der Waals surface area contributed by atoms with E-state index in [0.29, 0.717) is 17.7 Å². The Morgan fingerprint density at radius 1 is 1.48 bits per heavy atom. The predicted octanol–water partition coefficient (Wildman–Crippen LogP) is 2.14. The number of hydrogen-bond donors (Lipinski definition) is 4. The molecule has 0 spiro atoms. The highest BCUT2D eigenvalue weighted by atomic mass is 16.4. The van der Waals surface area contributed by atoms with Gasteiger partial charge in [-0.3, -0.25) is 5.10 Å². The van der Waals surface area contributed by atoms with Gasteiger partial charge in [0.1, 0.15) is 5.82 Å². The van der Waals surface area contributed by atoms with E-state index >= 15 is 0 Å². The molecule has 3 heterocycles. The number of hydrogen-bond acceptors (Lipinski definition) is 4. The van der Waals surface area contributed by atoms with Crippen LogP contribution in [0.3, 0.4) is 0 Å². The van der Waals surface area contributed by atoms with E-state index in [2.05, 4.69) is 25.5 Å². The van der Waals surface area contributed by atoms with E-state index in [-0.39, 0.29) is 0 Å². The molecule has 0 bridgehead atoms. The van der Waals surface area contributed by atoms with Crippen molar-refractivity contribution >= 4 is 11.8 Å². The fraction of sp³-hybridized carbons (Fsp3) is 0.357. The lowest BCUT2D eigenvalue weighted by molar-refractivity contribution is -0.133. The van der Waals surface area contributed by atoms with Crippen LogP contribution in [-0.2, 0) is 4.79 Å². The third kappa shape index (κ3) is 2.10. The zero-order valence-electron chi connectivity index (χ0n) is 11.9. The Labute approximate surface area is 121 Å². The van der Waals surface area contributed by atoms with E-state index in [1.54, 1.807) is 12.5 Å². The third-order valence-corrected chi connectivity index (χ3v) is 3.74. The second kappa shape index (κ2) is 5.08. The topological polar surface area (TPSA) is 107 Å². The first-order valence-electron chi connectivity index (χ1n) is 6.90. The molecule has 1 unspecified atom stereocenters. The molecule has 110 valence electrons. The van der Waals surface area contributed by atoms with Gasteiger partial charge in [0.15, 0.2) is 0 Å². The Bertz CT molecular complexity index is 713. The largest absolute Gasteiger partial charge is 0.478 e. The number of carboxylic acids is 1. The van der Waals surface area contributed by atoms with Gasteiger partial charge in [-0.05, 0) is 13.3 Å². The van der Waals surface area contributed by atoms with Crippen molar-refractivity contribution in [2.75, 3.05) is 5.32 Å². The molecule has 2 aromatic heterocycles. The van der Waals surface area contributed by atoms with E-state index in [0.717, 1.165) is 29.2 Å². The molecule has 0 fully saturated rings. The Balaban J connectivity index is 2.21. The van der Waals surface area contributed by atoms with Gasteiger partial charge in [-0.15, -0.1) is 0 Å². The number of rotatable bonds is 4. The van der Waals surface area contributed by atoms with Gasteiger partial charge < -0.3 is 15.4 Å². The van der Waals surface area contributed by atoms with E-state index in [4.69, 9.17) is 0 Å². The first kappa shape index (κ1) is 13.4. The van der Waals surface area contributed by atoms with E-state index in [1.165, 1.54) is 0 Å². The van der Waals surface area contributed by atoms with Crippen LogP contribution in [0.1, 0.15) is 42.6 Å². The Hall–Kier alpha value is -2.57. The van der Waals surface area contributed by atoms with Crippen molar-refractivity contribution in [3.05, 3.63) is 40.7 Å². The molecule has 0 saturated heterocycles. The molecular formula is C14H17N5O2. The summed E-state index contributed by atoms with van der Waals surface area (Å²) in [5.74, 6) is -0.591. The number of nitrogens with one attached hydrogen (secondary N) is 3. The van der Waals surface area contributed by atoms with Gasteiger partial charge in [0, 0.05) is 17.0 Å². The second-order valence-corrected chi connectivity index (χ2v) is 5.12. The summed E-state index contributed by atoms with van der Waals surface area (Å²) in [7, 11) is 0. The average molecular weight is 287 g/mol. The summed E-state index contributed by atoms with van der Waals surface area (Å²) >= 11 is 0. The molecule has 0 saturated carbocycles. The molecule has 0 aliphatic carbocycles. The molecule has 0 aromatic carbocycles. The van der Waals surface area contributed by atoms with Gasteiger partial charge in [-0.25, -0.2) is 9.78 Å². The summed E-state index contributed by atoms with van der Waals surface area (Å²) in [5, 5.41) is 19.8. The second-order valence-electron chi connectivity index (χ2n) is 5.12. The summed E-state index contributed by atoms with van der Waals surface area (Å²) in [4.78, 5) is 19.2. The normalized spacial score (nSPS) is 17.5. The number of anilines is 1. The molecular weight excluding hydrogens is 270 g/mol. The first-order valence-corrected chi connectivity index (χ1v) is 6.90. The van der Waals surface area contributed by atoms with Crippen LogP contribution in [0.15, 0.2) is 23.8 Å². The summed E-state index contributed by atoms with van der Waals surface area (Å²) in [6.07, 6.45) is 4.77. The molecule has 1 aliphatic heterocycles. The van der Waals surface area contributed by atoms with E-state index in [1.807, 2.05) is 13.8 Å². The number of aromatic amines is 2. The van der Waals surface area contributed by atoms with Crippen LogP contribution in [0, 0.1) is 6.92 Å². The third-order valence-electron chi connectivity index (χ3n) is 3.74. The fourth-order valence-electron chi connectivity index (χ4n) is 2.81. The maximum atomic E-state index is 11.8. The van der Waals surface area contributed by atoms with Gasteiger partial charge in [0.25, 0.3) is 0 Å². The molecule has 7 heteroatoms. The standard InChI is InChI=1S/C14H17N5O2/c1-3-4-9-11(14(20)21)10(12-7(2)15-6-16-12)8-5-17-19-13(8)18-9/h5-6,10H,3-4H2,1-2H3,(H,15,16)(H,20,21)(H2,17,18,19). The number of fused-ring (bicyclic) bond motifs is 1. The monoisotopic (exact) mass is 287 g/mol. The summed E-state index contributed by atoms with van der Waals surface area (Å²) < 4.78 is 0. The lowest BCUT2D eigenvalue weighted by Gasteiger charge is -2.26. The highest BCUT2D eigenvalue weighted by molar-refractivity contribution is 5.93. The van der Waals surface area contributed by atoms with Gasteiger partial charge in [-0.1, -0.05) is 13.3 Å². The van der Waals surface area contributed by atoms with Crippen LogP contribution >= 0.6 is 0 Å². The maximum Gasteiger partial charge on any atom is 0.334 e.